The van der Waals surface area contributed by atoms with Gasteiger partial charge in [-0.05, 0) is 52.2 Å². The third kappa shape index (κ3) is 5.43. The topological polar surface area (TPSA) is 113 Å². The molecule has 0 saturated carbocycles. The highest BCUT2D eigenvalue weighted by Gasteiger charge is 2.41. The Labute approximate surface area is 216 Å². The van der Waals surface area contributed by atoms with Crippen LogP contribution in [0.3, 0.4) is 0 Å². The van der Waals surface area contributed by atoms with E-state index in [1.807, 2.05) is 42.5 Å². The second-order valence-corrected chi connectivity index (χ2v) is 9.84. The lowest BCUT2D eigenvalue weighted by Gasteiger charge is -2.23. The molecule has 0 aliphatic carbocycles. The largest absolute Gasteiger partial charge is 0.508 e. The van der Waals surface area contributed by atoms with Gasteiger partial charge in [-0.15, -0.1) is 0 Å². The average molecular weight is 553 g/mol. The number of benzene rings is 2. The summed E-state index contributed by atoms with van der Waals surface area (Å²) in [6, 6.07) is 15.8. The minimum atomic E-state index is -0.697. The number of para-hydroxylation sites is 1. The van der Waals surface area contributed by atoms with E-state index in [1.54, 1.807) is 18.3 Å². The molecule has 186 valence electrons. The summed E-state index contributed by atoms with van der Waals surface area (Å²) in [4.78, 5) is 37.4. The summed E-state index contributed by atoms with van der Waals surface area (Å²) in [5, 5.41) is 17.3. The second-order valence-electron chi connectivity index (χ2n) is 8.93. The molecule has 0 unspecified atom stereocenters. The van der Waals surface area contributed by atoms with Crippen LogP contribution in [0.2, 0.25) is 0 Å². The number of halogens is 1. The van der Waals surface area contributed by atoms with Gasteiger partial charge < -0.3 is 20.0 Å². The Hall–Kier alpha value is -3.66. The number of carbonyl (C=O) groups is 2. The molecule has 2 aliphatic rings. The van der Waals surface area contributed by atoms with Crippen LogP contribution in [-0.2, 0) is 21.0 Å². The van der Waals surface area contributed by atoms with Crippen molar-refractivity contribution in [2.24, 2.45) is 5.16 Å². The van der Waals surface area contributed by atoms with Crippen LogP contribution in [0.15, 0.2) is 65.9 Å². The first-order chi connectivity index (χ1) is 17.5. The van der Waals surface area contributed by atoms with Crippen molar-refractivity contribution in [1.82, 2.24) is 15.2 Å². The van der Waals surface area contributed by atoms with Gasteiger partial charge in [0.05, 0.1) is 12.1 Å². The molecule has 3 aromatic rings. The van der Waals surface area contributed by atoms with Gasteiger partial charge in [0.1, 0.15) is 23.0 Å². The van der Waals surface area contributed by atoms with E-state index in [0.717, 1.165) is 22.0 Å². The first kappa shape index (κ1) is 24.1. The SMILES string of the molecule is O=C(NC[C@@H]1CC(Br)=NO1)[C@@H]1C[C@@H](c2ccc(O)cc2)CN1C(=O)OCc1cnc2ccccc2c1. The number of aromatic nitrogens is 1. The lowest BCUT2D eigenvalue weighted by molar-refractivity contribution is -0.125. The number of ether oxygens (including phenoxy) is 1. The molecule has 10 heteroatoms. The quantitative estimate of drug-likeness (QED) is 0.477. The third-order valence-electron chi connectivity index (χ3n) is 6.41. The fourth-order valence-corrected chi connectivity index (χ4v) is 4.98. The van der Waals surface area contributed by atoms with Crippen molar-refractivity contribution in [2.45, 2.75) is 37.5 Å². The maximum Gasteiger partial charge on any atom is 0.410 e. The molecule has 1 fully saturated rings. The van der Waals surface area contributed by atoms with Gasteiger partial charge in [0.25, 0.3) is 0 Å². The van der Waals surface area contributed by atoms with Crippen LogP contribution < -0.4 is 5.32 Å². The number of carbonyl (C=O) groups excluding carboxylic acids is 2. The number of rotatable bonds is 6. The monoisotopic (exact) mass is 552 g/mol. The first-order valence-corrected chi connectivity index (χ1v) is 12.5. The minimum absolute atomic E-state index is 0.0483. The van der Waals surface area contributed by atoms with Crippen LogP contribution in [0.1, 0.15) is 29.9 Å². The first-order valence-electron chi connectivity index (χ1n) is 11.7. The summed E-state index contributed by atoms with van der Waals surface area (Å²) in [6.07, 6.45) is 1.89. The van der Waals surface area contributed by atoms with Gasteiger partial charge in [0.15, 0.2) is 6.10 Å². The van der Waals surface area contributed by atoms with E-state index in [1.165, 1.54) is 4.90 Å². The van der Waals surface area contributed by atoms with Crippen LogP contribution in [-0.4, -0.2) is 56.8 Å². The number of oxime groups is 1. The molecular weight excluding hydrogens is 528 g/mol. The van der Waals surface area contributed by atoms with Gasteiger partial charge in [0, 0.05) is 36.0 Å². The molecule has 9 nitrogen and oxygen atoms in total. The van der Waals surface area contributed by atoms with Crippen molar-refractivity contribution in [1.29, 1.82) is 0 Å². The number of nitrogens with one attached hydrogen (secondary N) is 1. The Bertz CT molecular complexity index is 1300. The van der Waals surface area contributed by atoms with Crippen molar-refractivity contribution >= 4 is 43.5 Å². The number of phenolic OH excluding ortho intramolecular Hbond substituents is 1. The predicted molar refractivity (Wildman–Crippen MR) is 137 cm³/mol. The van der Waals surface area contributed by atoms with Crippen LogP contribution in [0.25, 0.3) is 10.9 Å². The van der Waals surface area contributed by atoms with Crippen molar-refractivity contribution < 1.29 is 24.3 Å². The van der Waals surface area contributed by atoms with Crippen LogP contribution in [0.5, 0.6) is 5.75 Å². The van der Waals surface area contributed by atoms with Gasteiger partial charge in [0.2, 0.25) is 5.91 Å². The highest BCUT2D eigenvalue weighted by atomic mass is 79.9. The lowest BCUT2D eigenvalue weighted by atomic mass is 9.96. The molecular formula is C26H25BrN4O5. The molecule has 5 rings (SSSR count). The highest BCUT2D eigenvalue weighted by molar-refractivity contribution is 9.18. The Kier molecular flexibility index (Phi) is 7.04. The Morgan fingerprint density at radius 1 is 1.19 bits per heavy atom. The maximum atomic E-state index is 13.1. The molecule has 0 spiro atoms. The van der Waals surface area contributed by atoms with Gasteiger partial charge >= 0.3 is 6.09 Å². The van der Waals surface area contributed by atoms with E-state index in [-0.39, 0.29) is 36.8 Å². The van der Waals surface area contributed by atoms with Crippen molar-refractivity contribution in [3.05, 3.63) is 71.9 Å². The Balaban J connectivity index is 1.27. The smallest absolute Gasteiger partial charge is 0.410 e. The molecule has 1 aromatic heterocycles. The van der Waals surface area contributed by atoms with Crippen LogP contribution >= 0.6 is 15.9 Å². The van der Waals surface area contributed by atoms with Gasteiger partial charge in [-0.25, -0.2) is 4.79 Å². The van der Waals surface area contributed by atoms with E-state index in [4.69, 9.17) is 9.57 Å². The second kappa shape index (κ2) is 10.5. The van der Waals surface area contributed by atoms with Gasteiger partial charge in [-0.2, -0.15) is 0 Å². The molecule has 36 heavy (non-hydrogen) atoms. The maximum absolute atomic E-state index is 13.1. The molecule has 0 radical (unpaired) electrons. The standard InChI is InChI=1S/C26H25BrN4O5/c27-24-11-21(36-30-24)13-29-25(33)23-10-19(17-5-7-20(32)8-6-17)14-31(23)26(34)35-15-16-9-18-3-1-2-4-22(18)28-12-16/h1-9,12,19,21,23,32H,10-11,13-15H2,(H,29,33)/t19-,21+,23+/m1/s1. The molecule has 1 saturated heterocycles. The summed E-state index contributed by atoms with van der Waals surface area (Å²) >= 11 is 3.29. The average Bonchev–Trinajstić information content (AvgIpc) is 3.53. The summed E-state index contributed by atoms with van der Waals surface area (Å²) < 4.78 is 6.31. The van der Waals surface area contributed by atoms with Crippen molar-refractivity contribution in [3.63, 3.8) is 0 Å². The van der Waals surface area contributed by atoms with Crippen molar-refractivity contribution in [2.75, 3.05) is 13.1 Å². The zero-order valence-corrected chi connectivity index (χ0v) is 20.9. The van der Waals surface area contributed by atoms with E-state index in [0.29, 0.717) is 24.0 Å². The molecule has 0 bridgehead atoms. The summed E-state index contributed by atoms with van der Waals surface area (Å²) in [6.45, 7) is 0.655. The number of nitrogens with zero attached hydrogens (tertiary/aromatic N) is 3. The number of hydrogen-bond donors (Lipinski definition) is 2. The number of aromatic hydroxyl groups is 1. The van der Waals surface area contributed by atoms with Crippen LogP contribution in [0.4, 0.5) is 4.79 Å². The molecule has 3 atom stereocenters. The Morgan fingerprint density at radius 2 is 2.00 bits per heavy atom. The Morgan fingerprint density at radius 3 is 2.78 bits per heavy atom. The highest BCUT2D eigenvalue weighted by Crippen LogP contribution is 2.33. The molecule has 3 heterocycles. The van der Waals surface area contributed by atoms with Gasteiger partial charge in [-0.3, -0.25) is 14.7 Å². The van der Waals surface area contributed by atoms with E-state index < -0.39 is 12.1 Å². The van der Waals surface area contributed by atoms with Gasteiger partial charge in [-0.1, -0.05) is 35.5 Å². The van der Waals surface area contributed by atoms with E-state index in [9.17, 15) is 14.7 Å². The number of hydrogen-bond acceptors (Lipinski definition) is 7. The number of likely N-dealkylation sites (tertiary alicyclic amines) is 1. The summed E-state index contributed by atoms with van der Waals surface area (Å²) in [5.74, 6) is -0.181. The fraction of sp³-hybridized carbons (Fsp3) is 0.308. The van der Waals surface area contributed by atoms with E-state index in [2.05, 4.69) is 31.4 Å². The fourth-order valence-electron chi connectivity index (χ4n) is 4.53. The number of phenols is 1. The number of pyridine rings is 1. The molecule has 2 N–H and O–H groups in total. The summed E-state index contributed by atoms with van der Waals surface area (Å²) in [7, 11) is 0. The summed E-state index contributed by atoms with van der Waals surface area (Å²) in [5.41, 5.74) is 2.57. The number of fused-ring (bicyclic) bond motifs is 1. The molecule has 2 aromatic carbocycles. The molecule has 2 aliphatic heterocycles. The normalized spacial score (nSPS) is 21.2. The van der Waals surface area contributed by atoms with Crippen LogP contribution in [0, 0.1) is 0 Å². The minimum Gasteiger partial charge on any atom is -0.508 e. The molecule has 2 amide bonds. The predicted octanol–water partition coefficient (Wildman–Crippen LogP) is 4.05. The number of amides is 2. The zero-order chi connectivity index (χ0) is 25.1. The zero-order valence-electron chi connectivity index (χ0n) is 19.3. The third-order valence-corrected chi connectivity index (χ3v) is 6.88. The lowest BCUT2D eigenvalue weighted by Crippen LogP contribution is -2.47. The van der Waals surface area contributed by atoms with Crippen molar-refractivity contribution in [3.8, 4) is 5.75 Å². The van der Waals surface area contributed by atoms with E-state index >= 15 is 0 Å².